The molecule has 0 unspecified atom stereocenters. The summed E-state index contributed by atoms with van der Waals surface area (Å²) >= 11 is 1.19. The van der Waals surface area contributed by atoms with Crippen molar-refractivity contribution in [2.24, 2.45) is 0 Å². The van der Waals surface area contributed by atoms with E-state index in [-0.39, 0.29) is 11.9 Å². The molecule has 102 valence electrons. The quantitative estimate of drug-likeness (QED) is 0.731. The number of nitrogen functional groups attached to an aromatic ring is 1. The second kappa shape index (κ2) is 6.08. The van der Waals surface area contributed by atoms with Gasteiger partial charge in [-0.1, -0.05) is 17.8 Å². The average Bonchev–Trinajstić information content (AvgIpc) is 2.84. The Bertz CT molecular complexity index is 662. The summed E-state index contributed by atoms with van der Waals surface area (Å²) in [5.41, 5.74) is 6.48. The number of nitrogens with one attached hydrogen (secondary N) is 2. The molecule has 0 saturated carbocycles. The highest BCUT2D eigenvalue weighted by molar-refractivity contribution is 8.00. The van der Waals surface area contributed by atoms with Gasteiger partial charge < -0.3 is 11.1 Å². The molecule has 0 aliphatic heterocycles. The van der Waals surface area contributed by atoms with Gasteiger partial charge in [0.15, 0.2) is 0 Å². The number of anilines is 2. The molecule has 1 heterocycles. The van der Waals surface area contributed by atoms with Crippen LogP contribution in [-0.2, 0) is 4.79 Å². The van der Waals surface area contributed by atoms with Gasteiger partial charge in [-0.05, 0) is 25.1 Å². The molecule has 7 nitrogen and oxygen atoms in total. The molecule has 20 heavy (non-hydrogen) atoms. The Kier molecular flexibility index (Phi) is 4.22. The molecule has 0 fully saturated rings. The van der Waals surface area contributed by atoms with E-state index in [9.17, 15) is 4.79 Å². The average molecular weight is 288 g/mol. The van der Waals surface area contributed by atoms with E-state index in [1.165, 1.54) is 11.8 Å². The van der Waals surface area contributed by atoms with E-state index in [1.54, 1.807) is 31.2 Å². The van der Waals surface area contributed by atoms with Gasteiger partial charge >= 0.3 is 0 Å². The van der Waals surface area contributed by atoms with Crippen LogP contribution in [0.2, 0.25) is 0 Å². The van der Waals surface area contributed by atoms with Gasteiger partial charge in [-0.25, -0.2) is 5.10 Å². The minimum atomic E-state index is -0.393. The van der Waals surface area contributed by atoms with Crippen LogP contribution in [0, 0.1) is 11.3 Å². The normalized spacial score (nSPS) is 11.6. The van der Waals surface area contributed by atoms with Crippen LogP contribution in [0.5, 0.6) is 0 Å². The van der Waals surface area contributed by atoms with E-state index in [4.69, 9.17) is 11.0 Å². The number of carbonyl (C=O) groups excluding carboxylic acids is 1. The lowest BCUT2D eigenvalue weighted by Gasteiger charge is -2.10. The van der Waals surface area contributed by atoms with Crippen LogP contribution in [0.1, 0.15) is 12.5 Å². The minimum Gasteiger partial charge on any atom is -0.368 e. The molecule has 2 aromatic rings. The first-order chi connectivity index (χ1) is 9.58. The summed E-state index contributed by atoms with van der Waals surface area (Å²) in [7, 11) is 0. The molecular weight excluding hydrogens is 276 g/mol. The van der Waals surface area contributed by atoms with Gasteiger partial charge in [-0.2, -0.15) is 10.2 Å². The second-order valence-electron chi connectivity index (χ2n) is 3.95. The highest BCUT2D eigenvalue weighted by atomic mass is 32.2. The smallest absolute Gasteiger partial charge is 0.237 e. The third kappa shape index (κ3) is 3.49. The van der Waals surface area contributed by atoms with Crippen molar-refractivity contribution in [3.63, 3.8) is 0 Å². The standard InChI is InChI=1S/C12H12N6OS/c1-7(20-12-16-11(14)17-18-12)10(19)15-9-4-2-3-8(5-9)6-13/h2-5,7H,1H3,(H,15,19)(H3,14,16,17,18)/t7-/m0/s1. The summed E-state index contributed by atoms with van der Waals surface area (Å²) in [4.78, 5) is 15.9. The maximum atomic E-state index is 12.0. The molecule has 8 heteroatoms. The zero-order valence-electron chi connectivity index (χ0n) is 10.6. The van der Waals surface area contributed by atoms with Crippen molar-refractivity contribution in [3.8, 4) is 6.07 Å². The van der Waals surface area contributed by atoms with Crippen molar-refractivity contribution in [2.75, 3.05) is 11.1 Å². The molecule has 0 spiro atoms. The third-order valence-electron chi connectivity index (χ3n) is 2.39. The fraction of sp³-hybridized carbons (Fsp3) is 0.167. The third-order valence-corrected chi connectivity index (χ3v) is 3.35. The van der Waals surface area contributed by atoms with Crippen LogP contribution in [0.15, 0.2) is 29.4 Å². The lowest BCUT2D eigenvalue weighted by molar-refractivity contribution is -0.115. The second-order valence-corrected chi connectivity index (χ2v) is 5.25. The Balaban J connectivity index is 1.98. The van der Waals surface area contributed by atoms with Crippen molar-refractivity contribution >= 4 is 29.3 Å². The largest absolute Gasteiger partial charge is 0.368 e. The number of aromatic amines is 1. The van der Waals surface area contributed by atoms with Crippen molar-refractivity contribution in [2.45, 2.75) is 17.3 Å². The number of amides is 1. The lowest BCUT2D eigenvalue weighted by Crippen LogP contribution is -2.22. The monoisotopic (exact) mass is 288 g/mol. The Morgan fingerprint density at radius 1 is 1.60 bits per heavy atom. The van der Waals surface area contributed by atoms with Crippen LogP contribution in [-0.4, -0.2) is 26.3 Å². The first-order valence-electron chi connectivity index (χ1n) is 5.74. The summed E-state index contributed by atoms with van der Waals surface area (Å²) in [5.74, 6) is 0.00953. The number of aromatic nitrogens is 3. The predicted octanol–water partition coefficient (Wildman–Crippen LogP) is 1.38. The number of benzene rings is 1. The van der Waals surface area contributed by atoms with E-state index in [0.717, 1.165) is 0 Å². The van der Waals surface area contributed by atoms with E-state index in [0.29, 0.717) is 16.4 Å². The van der Waals surface area contributed by atoms with Gasteiger partial charge in [-0.3, -0.25) is 4.79 Å². The fourth-order valence-corrected chi connectivity index (χ4v) is 2.16. The van der Waals surface area contributed by atoms with Gasteiger partial charge in [-0.15, -0.1) is 5.10 Å². The summed E-state index contributed by atoms with van der Waals surface area (Å²) < 4.78 is 0. The molecule has 0 aliphatic rings. The van der Waals surface area contributed by atoms with Crippen LogP contribution < -0.4 is 11.1 Å². The van der Waals surface area contributed by atoms with Gasteiger partial charge in [0.1, 0.15) is 0 Å². The zero-order valence-corrected chi connectivity index (χ0v) is 11.4. The van der Waals surface area contributed by atoms with E-state index in [2.05, 4.69) is 20.5 Å². The van der Waals surface area contributed by atoms with Gasteiger partial charge in [0.2, 0.25) is 17.0 Å². The number of nitriles is 1. The topological polar surface area (TPSA) is 120 Å². The first-order valence-corrected chi connectivity index (χ1v) is 6.62. The van der Waals surface area contributed by atoms with Crippen molar-refractivity contribution in [3.05, 3.63) is 29.8 Å². The summed E-state index contributed by atoms with van der Waals surface area (Å²) in [5, 5.41) is 17.9. The summed E-state index contributed by atoms with van der Waals surface area (Å²) in [6, 6.07) is 8.73. The molecular formula is C12H12N6OS. The molecule has 0 saturated heterocycles. The molecule has 0 aliphatic carbocycles. The Morgan fingerprint density at radius 3 is 3.05 bits per heavy atom. The van der Waals surface area contributed by atoms with Crippen LogP contribution in [0.3, 0.4) is 0 Å². The van der Waals surface area contributed by atoms with E-state index >= 15 is 0 Å². The number of nitrogens with two attached hydrogens (primary N) is 1. The number of hydrogen-bond acceptors (Lipinski definition) is 6. The lowest BCUT2D eigenvalue weighted by atomic mass is 10.2. The summed E-state index contributed by atoms with van der Waals surface area (Å²) in [6.45, 7) is 1.74. The molecule has 1 amide bonds. The number of carbonyl (C=O) groups is 1. The van der Waals surface area contributed by atoms with E-state index < -0.39 is 5.25 Å². The molecule has 1 atom stereocenters. The molecule has 0 radical (unpaired) electrons. The number of rotatable bonds is 4. The number of hydrogen-bond donors (Lipinski definition) is 3. The number of H-pyrrole nitrogens is 1. The van der Waals surface area contributed by atoms with Crippen molar-refractivity contribution in [1.82, 2.24) is 15.2 Å². The predicted molar refractivity (Wildman–Crippen MR) is 75.9 cm³/mol. The summed E-state index contributed by atoms with van der Waals surface area (Å²) in [6.07, 6.45) is 0. The van der Waals surface area contributed by atoms with Gasteiger partial charge in [0.05, 0.1) is 16.9 Å². The molecule has 4 N–H and O–H groups in total. The highest BCUT2D eigenvalue weighted by Crippen LogP contribution is 2.21. The van der Waals surface area contributed by atoms with Crippen LogP contribution in [0.25, 0.3) is 0 Å². The van der Waals surface area contributed by atoms with Crippen molar-refractivity contribution < 1.29 is 4.79 Å². The molecule has 1 aromatic carbocycles. The maximum Gasteiger partial charge on any atom is 0.237 e. The number of thioether (sulfide) groups is 1. The molecule has 1 aromatic heterocycles. The van der Waals surface area contributed by atoms with Gasteiger partial charge in [0, 0.05) is 5.69 Å². The molecule has 2 rings (SSSR count). The van der Waals surface area contributed by atoms with Crippen LogP contribution in [0.4, 0.5) is 11.6 Å². The maximum absolute atomic E-state index is 12.0. The Labute approximate surface area is 119 Å². The molecule has 0 bridgehead atoms. The minimum absolute atomic E-state index is 0.200. The Hall–Kier alpha value is -2.53. The highest BCUT2D eigenvalue weighted by Gasteiger charge is 2.17. The SMILES string of the molecule is C[C@H](Sc1n[nH]c(N)n1)C(=O)Nc1cccc(C#N)c1. The Morgan fingerprint density at radius 2 is 2.40 bits per heavy atom. The van der Waals surface area contributed by atoms with Crippen molar-refractivity contribution in [1.29, 1.82) is 5.26 Å². The van der Waals surface area contributed by atoms with E-state index in [1.807, 2.05) is 6.07 Å². The zero-order chi connectivity index (χ0) is 14.5. The van der Waals surface area contributed by atoms with Crippen LogP contribution >= 0.6 is 11.8 Å². The number of nitrogens with zero attached hydrogens (tertiary/aromatic N) is 3. The fourth-order valence-electron chi connectivity index (χ4n) is 1.43. The van der Waals surface area contributed by atoms with Gasteiger partial charge in [0.25, 0.3) is 0 Å². The first kappa shape index (κ1) is 13.9.